The summed E-state index contributed by atoms with van der Waals surface area (Å²) < 4.78 is 65.7. The molecule has 0 aromatic rings. The van der Waals surface area contributed by atoms with Crippen LogP contribution in [-0.2, 0) is 19.2 Å². The molecule has 212 valence electrons. The highest BCUT2D eigenvalue weighted by Gasteiger charge is 2.58. The number of alkyl halides is 5. The number of carbonyl (C=O) groups is 4. The average Bonchev–Trinajstić information content (AvgIpc) is 3.67. The Labute approximate surface area is 216 Å². The van der Waals surface area contributed by atoms with Crippen molar-refractivity contribution in [3.05, 3.63) is 0 Å². The summed E-state index contributed by atoms with van der Waals surface area (Å²) in [6.45, 7) is 4.14. The zero-order valence-electron chi connectivity index (χ0n) is 21.3. The first-order valence-electron chi connectivity index (χ1n) is 12.4. The van der Waals surface area contributed by atoms with Gasteiger partial charge in [-0.25, -0.2) is 8.78 Å². The highest BCUT2D eigenvalue weighted by Crippen LogP contribution is 2.51. The maximum Gasteiger partial charge on any atom is 0.471 e. The van der Waals surface area contributed by atoms with Crippen molar-refractivity contribution in [2.75, 3.05) is 0 Å². The standard InChI is InChI=1S/C24H32F5N5O4/c1-21(2,3)16(33-20(38)24(27,28)29)19(37)32-15(9-13-10-23(13,25)26)18(36)31-14(11-30)8-12-4-5-22(6-7-22)34-17(12)35/h12-16H,4-10H2,1-3H3,(H,31,36)(H,32,37)(H,33,38)(H,34,35). The first-order valence-corrected chi connectivity index (χ1v) is 12.4. The van der Waals surface area contributed by atoms with E-state index in [1.807, 2.05) is 6.07 Å². The number of nitriles is 1. The Kier molecular flexibility index (Phi) is 8.01. The highest BCUT2D eigenvalue weighted by atomic mass is 19.4. The number of carbonyl (C=O) groups excluding carboxylic acids is 4. The molecule has 3 aliphatic rings. The van der Waals surface area contributed by atoms with Gasteiger partial charge >= 0.3 is 12.1 Å². The molecule has 0 aromatic carbocycles. The molecular weight excluding hydrogens is 517 g/mol. The lowest BCUT2D eigenvalue weighted by Crippen LogP contribution is -2.60. The van der Waals surface area contributed by atoms with E-state index in [-0.39, 0.29) is 17.9 Å². The molecule has 1 spiro atoms. The Hall–Kier alpha value is -2.98. The second kappa shape index (κ2) is 10.3. The van der Waals surface area contributed by atoms with Crippen LogP contribution >= 0.6 is 0 Å². The minimum Gasteiger partial charge on any atom is -0.350 e. The maximum absolute atomic E-state index is 13.6. The zero-order chi connectivity index (χ0) is 28.7. The van der Waals surface area contributed by atoms with Crippen LogP contribution in [0.5, 0.6) is 0 Å². The summed E-state index contributed by atoms with van der Waals surface area (Å²) in [6.07, 6.45) is -3.35. The van der Waals surface area contributed by atoms with Crippen molar-refractivity contribution in [2.45, 2.75) is 101 Å². The topological polar surface area (TPSA) is 140 Å². The van der Waals surface area contributed by atoms with Gasteiger partial charge in [0.1, 0.15) is 18.1 Å². The summed E-state index contributed by atoms with van der Waals surface area (Å²) in [4.78, 5) is 49.9. The Morgan fingerprint density at radius 3 is 2.11 bits per heavy atom. The number of hydrogen-bond acceptors (Lipinski definition) is 5. The molecule has 0 aromatic heterocycles. The van der Waals surface area contributed by atoms with E-state index in [0.717, 1.165) is 19.3 Å². The minimum atomic E-state index is -5.28. The molecule has 1 heterocycles. The molecule has 9 nitrogen and oxygen atoms in total. The predicted molar refractivity (Wildman–Crippen MR) is 122 cm³/mol. The Bertz CT molecular complexity index is 1020. The molecule has 4 N–H and O–H groups in total. The third-order valence-corrected chi connectivity index (χ3v) is 7.35. The number of halogens is 5. The van der Waals surface area contributed by atoms with E-state index in [2.05, 4.69) is 16.0 Å². The van der Waals surface area contributed by atoms with E-state index < -0.39 is 78.0 Å². The predicted octanol–water partition coefficient (Wildman–Crippen LogP) is 2.07. The Morgan fingerprint density at radius 1 is 1.05 bits per heavy atom. The molecular formula is C24H32F5N5O4. The quantitative estimate of drug-likeness (QED) is 0.326. The van der Waals surface area contributed by atoms with Crippen LogP contribution in [-0.4, -0.2) is 59.4 Å². The van der Waals surface area contributed by atoms with Gasteiger partial charge in [0.2, 0.25) is 17.7 Å². The lowest BCUT2D eigenvalue weighted by Gasteiger charge is -2.32. The number of hydrogen-bond donors (Lipinski definition) is 4. The van der Waals surface area contributed by atoms with Gasteiger partial charge in [0.25, 0.3) is 5.92 Å². The molecule has 3 rings (SSSR count). The third kappa shape index (κ3) is 7.32. The minimum absolute atomic E-state index is 0.0311. The van der Waals surface area contributed by atoms with Crippen molar-refractivity contribution in [3.63, 3.8) is 0 Å². The molecule has 4 amide bonds. The van der Waals surface area contributed by atoms with Gasteiger partial charge in [0.15, 0.2) is 0 Å². The molecule has 0 radical (unpaired) electrons. The lowest BCUT2D eigenvalue weighted by molar-refractivity contribution is -0.175. The first kappa shape index (κ1) is 29.6. The second-order valence-electron chi connectivity index (χ2n) is 11.7. The van der Waals surface area contributed by atoms with Crippen LogP contribution < -0.4 is 21.3 Å². The zero-order valence-corrected chi connectivity index (χ0v) is 21.3. The summed E-state index contributed by atoms with van der Waals surface area (Å²) in [6, 6.07) is -2.67. The fourth-order valence-electron chi connectivity index (χ4n) is 4.64. The Balaban J connectivity index is 1.69. The van der Waals surface area contributed by atoms with Gasteiger partial charge in [0.05, 0.1) is 6.07 Å². The van der Waals surface area contributed by atoms with Crippen molar-refractivity contribution >= 4 is 23.6 Å². The third-order valence-electron chi connectivity index (χ3n) is 7.35. The van der Waals surface area contributed by atoms with Crippen molar-refractivity contribution in [2.24, 2.45) is 17.3 Å². The number of amides is 4. The fraction of sp³-hybridized carbons (Fsp3) is 0.792. The largest absolute Gasteiger partial charge is 0.471 e. The molecule has 5 atom stereocenters. The van der Waals surface area contributed by atoms with E-state index in [9.17, 15) is 46.4 Å². The van der Waals surface area contributed by atoms with Gasteiger partial charge in [-0.2, -0.15) is 18.4 Å². The van der Waals surface area contributed by atoms with Crippen molar-refractivity contribution in [1.82, 2.24) is 21.3 Å². The second-order valence-corrected chi connectivity index (χ2v) is 11.7. The molecule has 5 unspecified atom stereocenters. The smallest absolute Gasteiger partial charge is 0.350 e. The van der Waals surface area contributed by atoms with Gasteiger partial charge in [-0.05, 0) is 43.9 Å². The Morgan fingerprint density at radius 2 is 1.66 bits per heavy atom. The van der Waals surface area contributed by atoms with Gasteiger partial charge in [-0.15, -0.1) is 0 Å². The van der Waals surface area contributed by atoms with Crippen LogP contribution in [0.3, 0.4) is 0 Å². The molecule has 0 bridgehead atoms. The first-order chi connectivity index (χ1) is 17.4. The molecule has 1 aliphatic heterocycles. The van der Waals surface area contributed by atoms with Crippen LogP contribution in [0.4, 0.5) is 22.0 Å². The highest BCUT2D eigenvalue weighted by molar-refractivity contribution is 5.93. The molecule has 14 heteroatoms. The summed E-state index contributed by atoms with van der Waals surface area (Å²) >= 11 is 0. The number of nitrogens with one attached hydrogen (secondary N) is 4. The van der Waals surface area contributed by atoms with Crippen LogP contribution in [0.2, 0.25) is 0 Å². The van der Waals surface area contributed by atoms with Crippen LogP contribution in [0, 0.1) is 28.6 Å². The maximum atomic E-state index is 13.6. The van der Waals surface area contributed by atoms with Crippen molar-refractivity contribution in [3.8, 4) is 6.07 Å². The number of nitrogens with zero attached hydrogens (tertiary/aromatic N) is 1. The van der Waals surface area contributed by atoms with E-state index in [0.29, 0.717) is 6.42 Å². The summed E-state index contributed by atoms with van der Waals surface area (Å²) in [5.74, 6) is -9.63. The van der Waals surface area contributed by atoms with Crippen LogP contribution in [0.1, 0.15) is 65.7 Å². The van der Waals surface area contributed by atoms with E-state index in [1.165, 1.54) is 20.8 Å². The average molecular weight is 550 g/mol. The molecule has 1 saturated heterocycles. The SMILES string of the molecule is CC(C)(C)C(NC(=O)C(F)(F)F)C(=O)NC(CC1CC1(F)F)C(=O)NC(C#N)CC1CCC2(CC2)NC1=O. The summed E-state index contributed by atoms with van der Waals surface area (Å²) in [5, 5.41) is 18.7. The summed E-state index contributed by atoms with van der Waals surface area (Å²) in [5.41, 5.74) is -1.41. The van der Waals surface area contributed by atoms with Crippen molar-refractivity contribution in [1.29, 1.82) is 5.26 Å². The van der Waals surface area contributed by atoms with Crippen molar-refractivity contribution < 1.29 is 41.1 Å². The van der Waals surface area contributed by atoms with E-state index >= 15 is 0 Å². The monoisotopic (exact) mass is 549 g/mol. The molecule has 2 aliphatic carbocycles. The lowest BCUT2D eigenvalue weighted by atomic mass is 9.85. The normalized spacial score (nSPS) is 25.7. The van der Waals surface area contributed by atoms with Gasteiger partial charge in [0, 0.05) is 23.8 Å². The summed E-state index contributed by atoms with van der Waals surface area (Å²) in [7, 11) is 0. The van der Waals surface area contributed by atoms with E-state index in [1.54, 1.807) is 5.32 Å². The number of rotatable bonds is 9. The fourth-order valence-corrected chi connectivity index (χ4v) is 4.64. The molecule has 3 fully saturated rings. The van der Waals surface area contributed by atoms with E-state index in [4.69, 9.17) is 0 Å². The number of piperidine rings is 1. The van der Waals surface area contributed by atoms with Crippen LogP contribution in [0.25, 0.3) is 0 Å². The van der Waals surface area contributed by atoms with Gasteiger partial charge < -0.3 is 21.3 Å². The van der Waals surface area contributed by atoms with Gasteiger partial charge in [-0.1, -0.05) is 20.8 Å². The van der Waals surface area contributed by atoms with Gasteiger partial charge in [-0.3, -0.25) is 19.2 Å². The van der Waals surface area contributed by atoms with Crippen LogP contribution in [0.15, 0.2) is 0 Å². The molecule has 38 heavy (non-hydrogen) atoms. The molecule has 2 saturated carbocycles.